The maximum Gasteiger partial charge on any atom is 0.303 e. The molecule has 0 rings (SSSR count). The zero-order valence-electron chi connectivity index (χ0n) is 8.63. The second-order valence-electron chi connectivity index (χ2n) is 3.20. The molecule has 0 aliphatic heterocycles. The molecule has 0 aromatic carbocycles. The highest BCUT2D eigenvalue weighted by atomic mass is 16.5. The van der Waals surface area contributed by atoms with Gasteiger partial charge in [-0.15, -0.1) is 0 Å². The smallest absolute Gasteiger partial charge is 0.303 e. The van der Waals surface area contributed by atoms with E-state index in [0.29, 0.717) is 6.42 Å². The minimum atomic E-state index is -0.524. The summed E-state index contributed by atoms with van der Waals surface area (Å²) < 4.78 is 4.87. The van der Waals surface area contributed by atoms with Crippen molar-refractivity contribution in [1.82, 2.24) is 0 Å². The molecule has 0 aromatic heterocycles. The van der Waals surface area contributed by atoms with Gasteiger partial charge < -0.3 is 4.74 Å². The lowest BCUT2D eigenvalue weighted by Crippen LogP contribution is -2.23. The first kappa shape index (κ1) is 12.1. The van der Waals surface area contributed by atoms with Crippen LogP contribution in [-0.2, 0) is 14.3 Å². The van der Waals surface area contributed by atoms with Crippen molar-refractivity contribution in [2.24, 2.45) is 0 Å². The summed E-state index contributed by atoms with van der Waals surface area (Å²) in [7, 11) is 0. The van der Waals surface area contributed by atoms with Crippen LogP contribution in [0.15, 0.2) is 0 Å². The Balaban J connectivity index is 3.81. The van der Waals surface area contributed by atoms with Gasteiger partial charge in [-0.2, -0.15) is 0 Å². The van der Waals surface area contributed by atoms with Gasteiger partial charge in [-0.05, 0) is 19.8 Å². The van der Waals surface area contributed by atoms with Gasteiger partial charge >= 0.3 is 5.97 Å². The topological polar surface area (TPSA) is 43.4 Å². The molecule has 0 aliphatic carbocycles. The molecule has 3 heteroatoms. The van der Waals surface area contributed by atoms with Crippen LogP contribution < -0.4 is 0 Å². The lowest BCUT2D eigenvalue weighted by atomic mass is 10.1. The molecule has 0 amide bonds. The fourth-order valence-electron chi connectivity index (χ4n) is 1.13. The van der Waals surface area contributed by atoms with Crippen molar-refractivity contribution in [3.8, 4) is 0 Å². The maximum absolute atomic E-state index is 11.0. The molecular formula is C10H18O3. The number of hydrogen-bond acceptors (Lipinski definition) is 3. The van der Waals surface area contributed by atoms with Gasteiger partial charge in [-0.25, -0.2) is 0 Å². The van der Waals surface area contributed by atoms with E-state index < -0.39 is 6.10 Å². The van der Waals surface area contributed by atoms with Crippen molar-refractivity contribution in [2.75, 3.05) is 0 Å². The summed E-state index contributed by atoms with van der Waals surface area (Å²) in [4.78, 5) is 21.6. The molecule has 3 nitrogen and oxygen atoms in total. The van der Waals surface area contributed by atoms with E-state index in [0.717, 1.165) is 19.3 Å². The molecule has 0 fully saturated rings. The largest absolute Gasteiger partial charge is 0.455 e. The van der Waals surface area contributed by atoms with Crippen LogP contribution in [0.4, 0.5) is 0 Å². The number of esters is 1. The summed E-state index contributed by atoms with van der Waals surface area (Å²) in [6.07, 6.45) is 3.25. The van der Waals surface area contributed by atoms with Gasteiger partial charge in [0.2, 0.25) is 0 Å². The molecule has 76 valence electrons. The number of rotatable bonds is 6. The fourth-order valence-corrected chi connectivity index (χ4v) is 1.13. The van der Waals surface area contributed by atoms with Gasteiger partial charge in [0.05, 0.1) is 0 Å². The monoisotopic (exact) mass is 186 g/mol. The number of hydrogen-bond donors (Lipinski definition) is 0. The standard InChI is InChI=1S/C10H18O3/c1-4-5-6-7-10(8(2)11)13-9(3)12/h10H,4-7H2,1-3H3. The Hall–Kier alpha value is -0.860. The second-order valence-corrected chi connectivity index (χ2v) is 3.20. The molecule has 0 aromatic rings. The summed E-state index contributed by atoms with van der Waals surface area (Å²) >= 11 is 0. The maximum atomic E-state index is 11.0. The van der Waals surface area contributed by atoms with E-state index in [1.165, 1.54) is 13.8 Å². The van der Waals surface area contributed by atoms with Gasteiger partial charge in [-0.1, -0.05) is 19.8 Å². The van der Waals surface area contributed by atoms with Crippen LogP contribution in [0.2, 0.25) is 0 Å². The van der Waals surface area contributed by atoms with Crippen LogP contribution in [0.3, 0.4) is 0 Å². The highest BCUT2D eigenvalue weighted by molar-refractivity contribution is 5.82. The molecule has 0 bridgehead atoms. The van der Waals surface area contributed by atoms with E-state index >= 15 is 0 Å². The SMILES string of the molecule is CCCCCC(OC(C)=O)C(C)=O. The molecular weight excluding hydrogens is 168 g/mol. The molecule has 0 saturated carbocycles. The average Bonchev–Trinajstić information content (AvgIpc) is 2.02. The molecule has 1 atom stereocenters. The lowest BCUT2D eigenvalue weighted by Gasteiger charge is -2.12. The fraction of sp³-hybridized carbons (Fsp3) is 0.800. The third-order valence-electron chi connectivity index (χ3n) is 1.83. The van der Waals surface area contributed by atoms with Crippen molar-refractivity contribution < 1.29 is 14.3 Å². The molecule has 0 saturated heterocycles. The summed E-state index contributed by atoms with van der Waals surface area (Å²) in [6.45, 7) is 4.88. The van der Waals surface area contributed by atoms with E-state index in [-0.39, 0.29) is 11.8 Å². The highest BCUT2D eigenvalue weighted by Crippen LogP contribution is 2.07. The molecule has 0 radical (unpaired) electrons. The summed E-state index contributed by atoms with van der Waals surface area (Å²) in [5.74, 6) is -0.442. The van der Waals surface area contributed by atoms with Gasteiger partial charge in [0.1, 0.15) is 0 Å². The first-order valence-corrected chi connectivity index (χ1v) is 4.75. The molecule has 0 aliphatic rings. The Bertz CT molecular complexity index is 175. The van der Waals surface area contributed by atoms with E-state index in [1.54, 1.807) is 0 Å². The van der Waals surface area contributed by atoms with Crippen molar-refractivity contribution in [3.63, 3.8) is 0 Å². The molecule has 13 heavy (non-hydrogen) atoms. The Labute approximate surface area is 79.5 Å². The van der Waals surface area contributed by atoms with Crippen LogP contribution in [0, 0.1) is 0 Å². The number of ketones is 1. The highest BCUT2D eigenvalue weighted by Gasteiger charge is 2.16. The predicted octanol–water partition coefficient (Wildman–Crippen LogP) is 2.09. The third kappa shape index (κ3) is 6.31. The molecule has 0 spiro atoms. The minimum absolute atomic E-state index is 0.0636. The van der Waals surface area contributed by atoms with Gasteiger partial charge in [0, 0.05) is 6.92 Å². The third-order valence-corrected chi connectivity index (χ3v) is 1.83. The Morgan fingerprint density at radius 3 is 2.23 bits per heavy atom. The normalized spacial score (nSPS) is 12.2. The Kier molecular flexibility index (Phi) is 6.20. The van der Waals surface area contributed by atoms with Crippen molar-refractivity contribution >= 4 is 11.8 Å². The van der Waals surface area contributed by atoms with E-state index in [1.807, 2.05) is 0 Å². The predicted molar refractivity (Wildman–Crippen MR) is 50.4 cm³/mol. The molecule has 0 N–H and O–H groups in total. The van der Waals surface area contributed by atoms with Crippen molar-refractivity contribution in [2.45, 2.75) is 52.6 Å². The zero-order valence-corrected chi connectivity index (χ0v) is 8.63. The van der Waals surface area contributed by atoms with Crippen molar-refractivity contribution in [3.05, 3.63) is 0 Å². The summed E-state index contributed by atoms with van der Waals surface area (Å²) in [5, 5.41) is 0. The average molecular weight is 186 g/mol. The van der Waals surface area contributed by atoms with Crippen LogP contribution in [0.5, 0.6) is 0 Å². The first-order valence-electron chi connectivity index (χ1n) is 4.75. The minimum Gasteiger partial charge on any atom is -0.455 e. The Morgan fingerprint density at radius 2 is 1.85 bits per heavy atom. The first-order chi connectivity index (χ1) is 6.07. The van der Waals surface area contributed by atoms with Crippen LogP contribution in [-0.4, -0.2) is 17.9 Å². The summed E-state index contributed by atoms with van der Waals surface area (Å²) in [5.41, 5.74) is 0. The van der Waals surface area contributed by atoms with E-state index in [2.05, 4.69) is 6.92 Å². The van der Waals surface area contributed by atoms with E-state index in [4.69, 9.17) is 4.74 Å². The Morgan fingerprint density at radius 1 is 1.23 bits per heavy atom. The van der Waals surface area contributed by atoms with Gasteiger partial charge in [-0.3, -0.25) is 9.59 Å². The lowest BCUT2D eigenvalue weighted by molar-refractivity contribution is -0.152. The number of ether oxygens (including phenoxy) is 1. The molecule has 1 unspecified atom stereocenters. The van der Waals surface area contributed by atoms with Gasteiger partial charge in [0.25, 0.3) is 0 Å². The van der Waals surface area contributed by atoms with Gasteiger partial charge in [0.15, 0.2) is 11.9 Å². The number of unbranched alkanes of at least 4 members (excludes halogenated alkanes) is 2. The van der Waals surface area contributed by atoms with Crippen LogP contribution >= 0.6 is 0 Å². The molecule has 0 heterocycles. The number of carbonyl (C=O) groups excluding carboxylic acids is 2. The zero-order chi connectivity index (χ0) is 10.3. The summed E-state index contributed by atoms with van der Waals surface area (Å²) in [6, 6.07) is 0. The number of Topliss-reactive ketones (excluding diaryl/α,β-unsaturated/α-hetero) is 1. The number of carbonyl (C=O) groups is 2. The van der Waals surface area contributed by atoms with E-state index in [9.17, 15) is 9.59 Å². The second kappa shape index (κ2) is 6.63. The van der Waals surface area contributed by atoms with Crippen LogP contribution in [0.25, 0.3) is 0 Å². The van der Waals surface area contributed by atoms with Crippen LogP contribution in [0.1, 0.15) is 46.5 Å². The quantitative estimate of drug-likeness (QED) is 0.471. The van der Waals surface area contributed by atoms with Crippen molar-refractivity contribution in [1.29, 1.82) is 0 Å².